The van der Waals surface area contributed by atoms with Gasteiger partial charge in [-0.2, -0.15) is 0 Å². The lowest BCUT2D eigenvalue weighted by atomic mass is 10.1. The lowest BCUT2D eigenvalue weighted by molar-refractivity contribution is -0.202. The second kappa shape index (κ2) is 2.74. The third-order valence-electron chi connectivity index (χ3n) is 2.17. The van der Waals surface area contributed by atoms with Crippen molar-refractivity contribution in [1.82, 2.24) is 0 Å². The fourth-order valence-electron chi connectivity index (χ4n) is 1.69. The van der Waals surface area contributed by atoms with Crippen LogP contribution in [0, 0.1) is 0 Å². The molecule has 0 bridgehead atoms. The Morgan fingerprint density at radius 1 is 1.23 bits per heavy atom. The van der Waals surface area contributed by atoms with Crippen LogP contribution in [0.25, 0.3) is 0 Å². The smallest absolute Gasteiger partial charge is 0.205 e. The number of ether oxygens (including phenoxy) is 2. The number of hydrogen-bond acceptors (Lipinski definition) is 2. The molecule has 2 nitrogen and oxygen atoms in total. The molecule has 70 valence electrons. The Hall–Kier alpha value is -1.02. The van der Waals surface area contributed by atoms with Gasteiger partial charge in [-0.3, -0.25) is 0 Å². The zero-order chi connectivity index (χ0) is 9.47. The maximum atomic E-state index is 5.68. The normalized spacial score (nSPS) is 24.7. The molecule has 1 heterocycles. The summed E-state index contributed by atoms with van der Waals surface area (Å²) in [5, 5.41) is 0. The van der Waals surface area contributed by atoms with Crippen molar-refractivity contribution in [3.63, 3.8) is 0 Å². The van der Waals surface area contributed by atoms with Gasteiger partial charge in [-0.1, -0.05) is 18.2 Å². The van der Waals surface area contributed by atoms with Gasteiger partial charge < -0.3 is 9.47 Å². The van der Waals surface area contributed by atoms with Crippen LogP contribution in [0.2, 0.25) is 0 Å². The van der Waals surface area contributed by atoms with Gasteiger partial charge in [0.2, 0.25) is 5.79 Å². The summed E-state index contributed by atoms with van der Waals surface area (Å²) in [6.45, 7) is 5.90. The van der Waals surface area contributed by atoms with Gasteiger partial charge in [-0.05, 0) is 13.0 Å². The minimum atomic E-state index is -0.506. The SMILES string of the molecule is C[C@H]1OC(C)(C)Oc2ccccc21. The molecule has 0 saturated heterocycles. The summed E-state index contributed by atoms with van der Waals surface area (Å²) in [5.41, 5.74) is 1.13. The molecule has 1 atom stereocenters. The lowest BCUT2D eigenvalue weighted by Crippen LogP contribution is -2.36. The average molecular weight is 178 g/mol. The summed E-state index contributed by atoms with van der Waals surface area (Å²) in [7, 11) is 0. The molecule has 0 radical (unpaired) electrons. The zero-order valence-electron chi connectivity index (χ0n) is 8.20. The molecule has 0 spiro atoms. The average Bonchev–Trinajstić information content (AvgIpc) is 2.02. The number of para-hydroxylation sites is 1. The highest BCUT2D eigenvalue weighted by Gasteiger charge is 2.31. The zero-order valence-corrected chi connectivity index (χ0v) is 8.20. The molecule has 13 heavy (non-hydrogen) atoms. The van der Waals surface area contributed by atoms with Crippen molar-refractivity contribution < 1.29 is 9.47 Å². The summed E-state index contributed by atoms with van der Waals surface area (Å²) >= 11 is 0. The molecule has 0 aromatic heterocycles. The molecule has 0 amide bonds. The van der Waals surface area contributed by atoms with E-state index in [1.807, 2.05) is 45.0 Å². The molecule has 1 aromatic carbocycles. The van der Waals surface area contributed by atoms with E-state index in [0.29, 0.717) is 0 Å². The van der Waals surface area contributed by atoms with Crippen molar-refractivity contribution >= 4 is 0 Å². The van der Waals surface area contributed by atoms with Gasteiger partial charge in [0.25, 0.3) is 0 Å². The Morgan fingerprint density at radius 3 is 2.69 bits per heavy atom. The van der Waals surface area contributed by atoms with Crippen molar-refractivity contribution in [3.8, 4) is 5.75 Å². The number of benzene rings is 1. The van der Waals surface area contributed by atoms with Crippen LogP contribution in [0.15, 0.2) is 24.3 Å². The van der Waals surface area contributed by atoms with Crippen molar-refractivity contribution in [1.29, 1.82) is 0 Å². The summed E-state index contributed by atoms with van der Waals surface area (Å²) in [6.07, 6.45) is 0.111. The van der Waals surface area contributed by atoms with Crippen LogP contribution in [0.1, 0.15) is 32.4 Å². The highest BCUT2D eigenvalue weighted by atomic mass is 16.7. The molecule has 1 aromatic rings. The molecule has 0 aliphatic carbocycles. The van der Waals surface area contributed by atoms with Gasteiger partial charge in [-0.15, -0.1) is 0 Å². The van der Waals surface area contributed by atoms with Crippen LogP contribution < -0.4 is 4.74 Å². The van der Waals surface area contributed by atoms with Gasteiger partial charge in [0, 0.05) is 19.4 Å². The number of rotatable bonds is 0. The largest absolute Gasteiger partial charge is 0.463 e. The van der Waals surface area contributed by atoms with Crippen molar-refractivity contribution in [2.75, 3.05) is 0 Å². The third-order valence-corrected chi connectivity index (χ3v) is 2.17. The Labute approximate surface area is 78.5 Å². The first-order chi connectivity index (χ1) is 6.08. The molecule has 0 unspecified atom stereocenters. The highest BCUT2D eigenvalue weighted by molar-refractivity contribution is 5.36. The van der Waals surface area contributed by atoms with E-state index in [0.717, 1.165) is 11.3 Å². The first kappa shape index (κ1) is 8.57. The predicted molar refractivity (Wildman–Crippen MR) is 50.6 cm³/mol. The first-order valence-corrected chi connectivity index (χ1v) is 4.54. The van der Waals surface area contributed by atoms with Crippen LogP contribution in [0.5, 0.6) is 5.75 Å². The Balaban J connectivity index is 2.43. The molecule has 2 heteroatoms. The molecular weight excluding hydrogens is 164 g/mol. The van der Waals surface area contributed by atoms with E-state index in [9.17, 15) is 0 Å². The van der Waals surface area contributed by atoms with Crippen LogP contribution in [0.3, 0.4) is 0 Å². The molecule has 2 rings (SSSR count). The molecule has 0 N–H and O–H groups in total. The summed E-state index contributed by atoms with van der Waals surface area (Å²) < 4.78 is 11.3. The van der Waals surface area contributed by atoms with E-state index in [-0.39, 0.29) is 6.10 Å². The summed E-state index contributed by atoms with van der Waals surface area (Å²) in [6, 6.07) is 8.00. The molecule has 1 aliphatic rings. The minimum absolute atomic E-state index is 0.111. The second-order valence-corrected chi connectivity index (χ2v) is 3.80. The van der Waals surface area contributed by atoms with Crippen LogP contribution in [-0.4, -0.2) is 5.79 Å². The Bertz CT molecular complexity index is 318. The topological polar surface area (TPSA) is 18.5 Å². The second-order valence-electron chi connectivity index (χ2n) is 3.80. The predicted octanol–water partition coefficient (Wildman–Crippen LogP) is 2.89. The van der Waals surface area contributed by atoms with Gasteiger partial charge in [0.05, 0.1) is 6.10 Å². The monoisotopic (exact) mass is 178 g/mol. The molecule has 0 saturated carbocycles. The quantitative estimate of drug-likeness (QED) is 0.608. The van der Waals surface area contributed by atoms with E-state index in [1.54, 1.807) is 0 Å². The van der Waals surface area contributed by atoms with Gasteiger partial charge in [0.1, 0.15) is 5.75 Å². The lowest BCUT2D eigenvalue weighted by Gasteiger charge is -2.36. The van der Waals surface area contributed by atoms with E-state index in [2.05, 4.69) is 0 Å². The minimum Gasteiger partial charge on any atom is -0.463 e. The van der Waals surface area contributed by atoms with Crippen molar-refractivity contribution in [3.05, 3.63) is 29.8 Å². The van der Waals surface area contributed by atoms with Gasteiger partial charge in [0.15, 0.2) is 0 Å². The molecule has 1 aliphatic heterocycles. The Morgan fingerprint density at radius 2 is 1.92 bits per heavy atom. The van der Waals surface area contributed by atoms with E-state index in [4.69, 9.17) is 9.47 Å². The fourth-order valence-corrected chi connectivity index (χ4v) is 1.69. The third kappa shape index (κ3) is 1.54. The maximum absolute atomic E-state index is 5.68. The van der Waals surface area contributed by atoms with Gasteiger partial charge >= 0.3 is 0 Å². The van der Waals surface area contributed by atoms with Crippen LogP contribution in [-0.2, 0) is 4.74 Å². The van der Waals surface area contributed by atoms with Gasteiger partial charge in [-0.25, -0.2) is 0 Å². The summed E-state index contributed by atoms with van der Waals surface area (Å²) in [4.78, 5) is 0. The van der Waals surface area contributed by atoms with Crippen LogP contribution >= 0.6 is 0 Å². The number of hydrogen-bond donors (Lipinski definition) is 0. The summed E-state index contributed by atoms with van der Waals surface area (Å²) in [5.74, 6) is 0.430. The Kier molecular flexibility index (Phi) is 1.81. The van der Waals surface area contributed by atoms with Crippen LogP contribution in [0.4, 0.5) is 0 Å². The van der Waals surface area contributed by atoms with E-state index < -0.39 is 5.79 Å². The van der Waals surface area contributed by atoms with Crippen molar-refractivity contribution in [2.24, 2.45) is 0 Å². The number of fused-ring (bicyclic) bond motifs is 1. The van der Waals surface area contributed by atoms with Crippen molar-refractivity contribution in [2.45, 2.75) is 32.7 Å². The first-order valence-electron chi connectivity index (χ1n) is 4.54. The maximum Gasteiger partial charge on any atom is 0.205 e. The molecule has 0 fully saturated rings. The van der Waals surface area contributed by atoms with E-state index in [1.165, 1.54) is 0 Å². The van der Waals surface area contributed by atoms with E-state index >= 15 is 0 Å². The standard InChI is InChI=1S/C11H14O2/c1-8-9-6-4-5-7-10(9)13-11(2,3)12-8/h4-8H,1-3H3/t8-/m1/s1. The fraction of sp³-hybridized carbons (Fsp3) is 0.455. The highest BCUT2D eigenvalue weighted by Crippen LogP contribution is 2.37. The molecular formula is C11H14O2.